The van der Waals surface area contributed by atoms with Gasteiger partial charge in [-0.15, -0.1) is 0 Å². The molecular formula is C20H19ClN6O2. The van der Waals surface area contributed by atoms with Gasteiger partial charge >= 0.3 is 5.97 Å². The highest BCUT2D eigenvalue weighted by Crippen LogP contribution is 2.29. The van der Waals surface area contributed by atoms with E-state index in [0.717, 1.165) is 0 Å². The van der Waals surface area contributed by atoms with Gasteiger partial charge in [-0.2, -0.15) is 15.5 Å². The Kier molecular flexibility index (Phi) is 5.52. The van der Waals surface area contributed by atoms with Crippen molar-refractivity contribution in [1.29, 1.82) is 5.26 Å². The molecule has 0 N–H and O–H groups in total. The molecule has 0 radical (unpaired) electrons. The van der Waals surface area contributed by atoms with Crippen molar-refractivity contribution in [2.75, 3.05) is 0 Å². The Morgan fingerprint density at radius 3 is 2.52 bits per heavy atom. The Morgan fingerprint density at radius 2 is 1.97 bits per heavy atom. The number of carbonyl (C=O) groups excluding carboxylic acids is 1. The van der Waals surface area contributed by atoms with Crippen LogP contribution in [0.2, 0.25) is 5.15 Å². The number of halogens is 1. The lowest BCUT2D eigenvalue weighted by molar-refractivity contribution is -0.145. The first kappa shape index (κ1) is 20.3. The molecule has 3 aromatic rings. The van der Waals surface area contributed by atoms with E-state index in [4.69, 9.17) is 16.3 Å². The molecule has 0 saturated carbocycles. The third kappa shape index (κ3) is 4.36. The van der Waals surface area contributed by atoms with Gasteiger partial charge < -0.3 is 4.74 Å². The van der Waals surface area contributed by atoms with E-state index in [1.54, 1.807) is 52.3 Å². The van der Waals surface area contributed by atoms with E-state index >= 15 is 0 Å². The van der Waals surface area contributed by atoms with Crippen LogP contribution in [0.25, 0.3) is 22.8 Å². The number of ether oxygens (including phenoxy) is 1. The number of allylic oxidation sites excluding steroid dienone is 1. The van der Waals surface area contributed by atoms with Gasteiger partial charge in [0.2, 0.25) is 0 Å². The Morgan fingerprint density at radius 1 is 1.21 bits per heavy atom. The maximum atomic E-state index is 12.6. The van der Waals surface area contributed by atoms with Crippen LogP contribution in [0.3, 0.4) is 0 Å². The third-order valence-electron chi connectivity index (χ3n) is 3.96. The fourth-order valence-corrected chi connectivity index (χ4v) is 2.63. The second kappa shape index (κ2) is 7.89. The number of aryl methyl sites for hydroxylation is 1. The average Bonchev–Trinajstić information content (AvgIpc) is 3.28. The van der Waals surface area contributed by atoms with E-state index in [2.05, 4.69) is 21.3 Å². The Hall–Kier alpha value is -3.44. The summed E-state index contributed by atoms with van der Waals surface area (Å²) in [5.74, 6) is -0.486. The van der Waals surface area contributed by atoms with Gasteiger partial charge in [0.05, 0.1) is 11.1 Å². The van der Waals surface area contributed by atoms with Crippen LogP contribution in [0.5, 0.6) is 0 Å². The van der Waals surface area contributed by atoms with Crippen LogP contribution in [0.15, 0.2) is 42.7 Å². The maximum Gasteiger partial charge on any atom is 0.316 e. The molecule has 3 rings (SSSR count). The van der Waals surface area contributed by atoms with E-state index in [1.165, 1.54) is 15.4 Å². The number of hydrogen-bond acceptors (Lipinski definition) is 6. The Labute approximate surface area is 173 Å². The summed E-state index contributed by atoms with van der Waals surface area (Å²) in [4.78, 5) is 16.8. The number of esters is 1. The predicted molar refractivity (Wildman–Crippen MR) is 108 cm³/mol. The molecule has 0 saturated heterocycles. The van der Waals surface area contributed by atoms with Crippen molar-refractivity contribution >= 4 is 29.0 Å². The molecule has 0 aliphatic rings. The smallest absolute Gasteiger partial charge is 0.316 e. The molecule has 3 aromatic heterocycles. The number of nitrogens with zero attached hydrogens (tertiary/aromatic N) is 6. The largest absolute Gasteiger partial charge is 0.421 e. The van der Waals surface area contributed by atoms with Gasteiger partial charge in [0.1, 0.15) is 17.5 Å². The lowest BCUT2D eigenvalue weighted by atomic mass is 9.97. The molecule has 0 fully saturated rings. The highest BCUT2D eigenvalue weighted by atomic mass is 35.5. The summed E-state index contributed by atoms with van der Waals surface area (Å²) in [6.07, 6.45) is 3.26. The van der Waals surface area contributed by atoms with Crippen molar-refractivity contribution in [3.63, 3.8) is 0 Å². The first-order valence-electron chi connectivity index (χ1n) is 8.74. The SMILES string of the molecule is Cn1nc(Cl)cc1C(OC(=O)C(C)(C)C)=C(C#N)n1ccc(-c2ccccn2)n1. The van der Waals surface area contributed by atoms with Crippen LogP contribution >= 0.6 is 11.6 Å². The second-order valence-corrected chi connectivity index (χ2v) is 7.65. The van der Waals surface area contributed by atoms with Gasteiger partial charge in [-0.25, -0.2) is 4.68 Å². The Bertz CT molecular complexity index is 1120. The van der Waals surface area contributed by atoms with Crippen LogP contribution < -0.4 is 0 Å². The first-order valence-corrected chi connectivity index (χ1v) is 9.12. The third-order valence-corrected chi connectivity index (χ3v) is 4.14. The zero-order valence-electron chi connectivity index (χ0n) is 16.4. The Balaban J connectivity index is 2.15. The molecule has 0 spiro atoms. The summed E-state index contributed by atoms with van der Waals surface area (Å²) < 4.78 is 8.42. The minimum absolute atomic E-state index is 0.0180. The van der Waals surface area contributed by atoms with Crippen molar-refractivity contribution in [2.24, 2.45) is 12.5 Å². The van der Waals surface area contributed by atoms with Gasteiger partial charge in [-0.05, 0) is 39.0 Å². The standard InChI is InChI=1S/C20H19ClN6O2/c1-20(2,3)19(28)29-18(15-11-17(21)25-26(15)4)16(12-22)27-10-8-14(24-27)13-7-5-6-9-23-13/h5-11H,1-4H3. The summed E-state index contributed by atoms with van der Waals surface area (Å²) >= 11 is 6.01. The number of hydrogen-bond donors (Lipinski definition) is 0. The van der Waals surface area contributed by atoms with Crippen LogP contribution in [0.1, 0.15) is 26.5 Å². The number of pyridine rings is 1. The second-order valence-electron chi connectivity index (χ2n) is 7.27. The van der Waals surface area contributed by atoms with Crippen LogP contribution in [-0.2, 0) is 16.6 Å². The van der Waals surface area contributed by atoms with Crippen molar-refractivity contribution in [3.05, 3.63) is 53.6 Å². The molecule has 0 aromatic carbocycles. The number of rotatable bonds is 4. The van der Waals surface area contributed by atoms with E-state index < -0.39 is 11.4 Å². The number of nitriles is 1. The van der Waals surface area contributed by atoms with Crippen molar-refractivity contribution < 1.29 is 9.53 Å². The molecule has 0 atom stereocenters. The topological polar surface area (TPSA) is 98.6 Å². The number of aromatic nitrogens is 5. The molecule has 0 bridgehead atoms. The molecule has 148 valence electrons. The quantitative estimate of drug-likeness (QED) is 0.369. The minimum atomic E-state index is -0.780. The zero-order valence-corrected chi connectivity index (χ0v) is 17.2. The molecule has 9 heteroatoms. The summed E-state index contributed by atoms with van der Waals surface area (Å²) in [6.45, 7) is 5.17. The van der Waals surface area contributed by atoms with Gasteiger partial charge in [0.25, 0.3) is 0 Å². The molecule has 0 aliphatic heterocycles. The fraction of sp³-hybridized carbons (Fsp3) is 0.250. The normalized spacial score (nSPS) is 12.3. The van der Waals surface area contributed by atoms with E-state index in [9.17, 15) is 10.1 Å². The van der Waals surface area contributed by atoms with Gasteiger partial charge in [0.15, 0.2) is 16.6 Å². The zero-order chi connectivity index (χ0) is 21.2. The predicted octanol–water partition coefficient (Wildman–Crippen LogP) is 3.77. The van der Waals surface area contributed by atoms with Crippen molar-refractivity contribution in [2.45, 2.75) is 20.8 Å². The fourth-order valence-electron chi connectivity index (χ4n) is 2.42. The first-order chi connectivity index (χ1) is 13.7. The van der Waals surface area contributed by atoms with Gasteiger partial charge in [-0.3, -0.25) is 14.5 Å². The van der Waals surface area contributed by atoms with E-state index in [1.807, 2.05) is 12.1 Å². The van der Waals surface area contributed by atoms with E-state index in [0.29, 0.717) is 17.1 Å². The molecule has 3 heterocycles. The molecule has 0 unspecified atom stereocenters. The van der Waals surface area contributed by atoms with Crippen molar-refractivity contribution in [1.82, 2.24) is 24.5 Å². The van der Waals surface area contributed by atoms with Crippen molar-refractivity contribution in [3.8, 4) is 17.5 Å². The maximum absolute atomic E-state index is 12.6. The van der Waals surface area contributed by atoms with Crippen LogP contribution in [0.4, 0.5) is 0 Å². The molecule has 29 heavy (non-hydrogen) atoms. The molecule has 0 aliphatic carbocycles. The van der Waals surface area contributed by atoms with Crippen LogP contribution in [0, 0.1) is 16.7 Å². The molecule has 8 nitrogen and oxygen atoms in total. The summed E-state index contributed by atoms with van der Waals surface area (Å²) in [6, 6.07) is 10.8. The summed E-state index contributed by atoms with van der Waals surface area (Å²) in [5, 5.41) is 18.6. The van der Waals surface area contributed by atoms with Gasteiger partial charge in [0, 0.05) is 25.5 Å². The summed E-state index contributed by atoms with van der Waals surface area (Å²) in [5.41, 5.74) is 0.837. The lowest BCUT2D eigenvalue weighted by Gasteiger charge is -2.19. The van der Waals surface area contributed by atoms with Gasteiger partial charge in [-0.1, -0.05) is 17.7 Å². The molecule has 0 amide bonds. The van der Waals surface area contributed by atoms with E-state index in [-0.39, 0.29) is 16.6 Å². The average molecular weight is 411 g/mol. The lowest BCUT2D eigenvalue weighted by Crippen LogP contribution is -2.23. The highest BCUT2D eigenvalue weighted by Gasteiger charge is 2.28. The monoisotopic (exact) mass is 410 g/mol. The number of carbonyl (C=O) groups is 1. The molecular weight excluding hydrogens is 392 g/mol. The highest BCUT2D eigenvalue weighted by molar-refractivity contribution is 6.29. The minimum Gasteiger partial charge on any atom is -0.421 e. The summed E-state index contributed by atoms with van der Waals surface area (Å²) in [7, 11) is 1.64. The van der Waals surface area contributed by atoms with Crippen LogP contribution in [-0.4, -0.2) is 30.5 Å².